The van der Waals surface area contributed by atoms with Crippen molar-refractivity contribution >= 4 is 22.8 Å². The Kier molecular flexibility index (Phi) is 3.06. The third-order valence-electron chi connectivity index (χ3n) is 3.02. The van der Waals surface area contributed by atoms with Gasteiger partial charge in [0.15, 0.2) is 5.58 Å². The number of aromatic nitrogens is 1. The summed E-state index contributed by atoms with van der Waals surface area (Å²) in [6, 6.07) is 6.02. The number of hydrogen-bond donors (Lipinski definition) is 2. The maximum Gasteiger partial charge on any atom is 0.295 e. The highest BCUT2D eigenvalue weighted by atomic mass is 16.5. The van der Waals surface area contributed by atoms with Crippen LogP contribution in [-0.2, 0) is 4.74 Å². The summed E-state index contributed by atoms with van der Waals surface area (Å²) in [7, 11) is 0. The van der Waals surface area contributed by atoms with Crippen LogP contribution in [0, 0.1) is 5.92 Å². The van der Waals surface area contributed by atoms with Crippen LogP contribution < -0.4 is 11.1 Å². The summed E-state index contributed by atoms with van der Waals surface area (Å²) in [6.45, 7) is 2.24. The van der Waals surface area contributed by atoms with Gasteiger partial charge in [-0.2, -0.15) is 4.98 Å². The van der Waals surface area contributed by atoms with Crippen LogP contribution >= 0.6 is 0 Å². The van der Waals surface area contributed by atoms with E-state index in [0.717, 1.165) is 12.5 Å². The van der Waals surface area contributed by atoms with Gasteiger partial charge >= 0.3 is 0 Å². The van der Waals surface area contributed by atoms with Gasteiger partial charge in [-0.25, -0.2) is 0 Å². The molecule has 5 heteroatoms. The van der Waals surface area contributed by atoms with E-state index >= 15 is 0 Å². The monoisotopic (exact) mass is 247 g/mol. The Hall–Kier alpha value is -1.75. The van der Waals surface area contributed by atoms with Crippen molar-refractivity contribution < 1.29 is 9.15 Å². The normalized spacial score (nSPS) is 15.1. The molecule has 1 aromatic carbocycles. The first-order valence-corrected chi connectivity index (χ1v) is 6.29. The first-order valence-electron chi connectivity index (χ1n) is 6.29. The Bertz CT molecular complexity index is 534. The number of fused-ring (bicyclic) bond motifs is 1. The topological polar surface area (TPSA) is 73.3 Å². The third-order valence-corrected chi connectivity index (χ3v) is 3.02. The summed E-state index contributed by atoms with van der Waals surface area (Å²) in [6.07, 6.45) is 2.63. The maximum atomic E-state index is 5.81. The molecule has 1 aliphatic carbocycles. The number of para-hydroxylation sites is 1. The second kappa shape index (κ2) is 4.86. The summed E-state index contributed by atoms with van der Waals surface area (Å²) in [4.78, 5) is 4.30. The summed E-state index contributed by atoms with van der Waals surface area (Å²) in [5.41, 5.74) is 7.86. The summed E-state index contributed by atoms with van der Waals surface area (Å²) < 4.78 is 11.1. The fourth-order valence-corrected chi connectivity index (χ4v) is 1.81. The minimum Gasteiger partial charge on any atom is -0.423 e. The lowest BCUT2D eigenvalue weighted by Crippen LogP contribution is -2.10. The quantitative estimate of drug-likeness (QED) is 0.605. The van der Waals surface area contributed by atoms with Gasteiger partial charge in [0, 0.05) is 13.2 Å². The van der Waals surface area contributed by atoms with Gasteiger partial charge in [-0.1, -0.05) is 6.07 Å². The van der Waals surface area contributed by atoms with Crippen LogP contribution in [0.15, 0.2) is 22.6 Å². The van der Waals surface area contributed by atoms with E-state index in [4.69, 9.17) is 14.9 Å². The Morgan fingerprint density at radius 1 is 1.44 bits per heavy atom. The number of rotatable bonds is 6. The second-order valence-corrected chi connectivity index (χ2v) is 4.66. The number of nitrogens with zero attached hydrogens (tertiary/aromatic N) is 1. The number of nitrogen functional groups attached to an aromatic ring is 1. The predicted octanol–water partition coefficient (Wildman–Crippen LogP) is 2.25. The standard InChI is InChI=1S/C13H17N3O2/c14-10-2-1-3-11-12(10)16-13(18-11)15-6-7-17-8-9-4-5-9/h1-3,9H,4-8,14H2,(H,15,16). The zero-order chi connectivity index (χ0) is 12.4. The van der Waals surface area contributed by atoms with Crippen LogP contribution in [0.1, 0.15) is 12.8 Å². The van der Waals surface area contributed by atoms with Gasteiger partial charge in [0.2, 0.25) is 0 Å². The van der Waals surface area contributed by atoms with E-state index in [9.17, 15) is 0 Å². The van der Waals surface area contributed by atoms with Crippen molar-refractivity contribution in [1.29, 1.82) is 0 Å². The van der Waals surface area contributed by atoms with E-state index < -0.39 is 0 Å². The average Bonchev–Trinajstić information content (AvgIpc) is 3.08. The molecule has 0 radical (unpaired) electrons. The Morgan fingerprint density at radius 3 is 3.11 bits per heavy atom. The Morgan fingerprint density at radius 2 is 2.33 bits per heavy atom. The molecule has 2 aromatic rings. The molecule has 0 aliphatic heterocycles. The molecule has 5 nitrogen and oxygen atoms in total. The van der Waals surface area contributed by atoms with E-state index in [1.807, 2.05) is 18.2 Å². The highest BCUT2D eigenvalue weighted by Crippen LogP contribution is 2.28. The van der Waals surface area contributed by atoms with Gasteiger partial charge in [0.05, 0.1) is 12.3 Å². The SMILES string of the molecule is Nc1cccc2oc(NCCOCC3CC3)nc12. The van der Waals surface area contributed by atoms with E-state index in [1.165, 1.54) is 12.8 Å². The molecule has 1 aliphatic rings. The van der Waals surface area contributed by atoms with Crippen molar-refractivity contribution in [3.8, 4) is 0 Å². The van der Waals surface area contributed by atoms with Gasteiger partial charge in [-0.3, -0.25) is 0 Å². The van der Waals surface area contributed by atoms with Gasteiger partial charge in [-0.05, 0) is 30.9 Å². The van der Waals surface area contributed by atoms with Crippen LogP contribution in [0.3, 0.4) is 0 Å². The van der Waals surface area contributed by atoms with Crippen molar-refractivity contribution in [2.75, 3.05) is 30.8 Å². The zero-order valence-electron chi connectivity index (χ0n) is 10.2. The lowest BCUT2D eigenvalue weighted by atomic mass is 10.3. The van der Waals surface area contributed by atoms with Crippen molar-refractivity contribution in [3.05, 3.63) is 18.2 Å². The molecule has 18 heavy (non-hydrogen) atoms. The molecule has 0 saturated heterocycles. The number of nitrogens with one attached hydrogen (secondary N) is 1. The number of oxazole rings is 1. The number of nitrogens with two attached hydrogens (primary N) is 1. The molecule has 0 atom stereocenters. The van der Waals surface area contributed by atoms with Crippen LogP contribution in [-0.4, -0.2) is 24.7 Å². The van der Waals surface area contributed by atoms with Crippen molar-refractivity contribution in [2.24, 2.45) is 5.92 Å². The summed E-state index contributed by atoms with van der Waals surface area (Å²) in [5.74, 6) is 0.800. The molecule has 1 heterocycles. The molecule has 0 unspecified atom stereocenters. The summed E-state index contributed by atoms with van der Waals surface area (Å²) in [5, 5.41) is 3.10. The fourth-order valence-electron chi connectivity index (χ4n) is 1.81. The van der Waals surface area contributed by atoms with Crippen LogP contribution in [0.25, 0.3) is 11.1 Å². The molecular weight excluding hydrogens is 230 g/mol. The summed E-state index contributed by atoms with van der Waals surface area (Å²) >= 11 is 0. The number of anilines is 2. The molecule has 0 amide bonds. The number of hydrogen-bond acceptors (Lipinski definition) is 5. The molecular formula is C13H17N3O2. The van der Waals surface area contributed by atoms with E-state index in [2.05, 4.69) is 10.3 Å². The molecule has 3 N–H and O–H groups in total. The highest BCUT2D eigenvalue weighted by Gasteiger charge is 2.20. The molecule has 1 saturated carbocycles. The largest absolute Gasteiger partial charge is 0.423 e. The number of benzene rings is 1. The van der Waals surface area contributed by atoms with Gasteiger partial charge in [0.25, 0.3) is 6.01 Å². The minimum atomic E-state index is 0.498. The zero-order valence-corrected chi connectivity index (χ0v) is 10.2. The fraction of sp³-hybridized carbons (Fsp3) is 0.462. The molecule has 1 aromatic heterocycles. The average molecular weight is 247 g/mol. The molecule has 1 fully saturated rings. The smallest absolute Gasteiger partial charge is 0.295 e. The Balaban J connectivity index is 1.52. The first-order chi connectivity index (χ1) is 8.83. The second-order valence-electron chi connectivity index (χ2n) is 4.66. The first kappa shape index (κ1) is 11.3. The van der Waals surface area contributed by atoms with E-state index in [0.29, 0.717) is 36.0 Å². The lowest BCUT2D eigenvalue weighted by Gasteiger charge is -2.02. The van der Waals surface area contributed by atoms with Gasteiger partial charge in [0.1, 0.15) is 5.52 Å². The molecule has 3 rings (SSSR count). The van der Waals surface area contributed by atoms with Gasteiger partial charge < -0.3 is 20.2 Å². The van der Waals surface area contributed by atoms with E-state index in [1.54, 1.807) is 0 Å². The van der Waals surface area contributed by atoms with Crippen molar-refractivity contribution in [2.45, 2.75) is 12.8 Å². The predicted molar refractivity (Wildman–Crippen MR) is 70.5 cm³/mol. The maximum absolute atomic E-state index is 5.81. The molecule has 96 valence electrons. The third kappa shape index (κ3) is 2.56. The lowest BCUT2D eigenvalue weighted by molar-refractivity contribution is 0.133. The highest BCUT2D eigenvalue weighted by molar-refractivity contribution is 5.86. The van der Waals surface area contributed by atoms with Crippen molar-refractivity contribution in [1.82, 2.24) is 4.98 Å². The van der Waals surface area contributed by atoms with Crippen molar-refractivity contribution in [3.63, 3.8) is 0 Å². The Labute approximate surface area is 105 Å². The van der Waals surface area contributed by atoms with Crippen LogP contribution in [0.2, 0.25) is 0 Å². The van der Waals surface area contributed by atoms with Gasteiger partial charge in [-0.15, -0.1) is 0 Å². The van der Waals surface area contributed by atoms with Crippen LogP contribution in [0.4, 0.5) is 11.7 Å². The number of ether oxygens (including phenoxy) is 1. The van der Waals surface area contributed by atoms with E-state index in [-0.39, 0.29) is 0 Å². The molecule has 0 bridgehead atoms. The minimum absolute atomic E-state index is 0.498. The molecule has 0 spiro atoms. The van der Waals surface area contributed by atoms with Crippen LogP contribution in [0.5, 0.6) is 0 Å².